The summed E-state index contributed by atoms with van der Waals surface area (Å²) in [7, 11) is 0. The van der Waals surface area contributed by atoms with E-state index in [1.807, 2.05) is 50.2 Å². The Morgan fingerprint density at radius 2 is 1.72 bits per heavy atom. The average molecular weight is 558 g/mol. The maximum atomic E-state index is 12.8. The lowest BCUT2D eigenvalue weighted by molar-refractivity contribution is 0.0951. The third kappa shape index (κ3) is 6.02. The molecule has 5 rings (SSSR count). The van der Waals surface area contributed by atoms with Gasteiger partial charge in [-0.05, 0) is 98.1 Å². The van der Waals surface area contributed by atoms with Gasteiger partial charge in [-0.2, -0.15) is 4.80 Å². The van der Waals surface area contributed by atoms with Crippen LogP contribution < -0.4 is 10.6 Å². The fourth-order valence-electron chi connectivity index (χ4n) is 4.17. The minimum Gasteiger partial charge on any atom is -0.451 e. The second kappa shape index (κ2) is 11.4. The number of fused-ring (bicyclic) bond motifs is 1. The number of anilines is 1. The van der Waals surface area contributed by atoms with Crippen LogP contribution in [0.1, 0.15) is 47.0 Å². The standard InChI is InChI=1S/C30H28ClN5O2S/c1-4-5-6-20-8-11-22(12-9-20)36-34-25-15-19(3)24(17-26(25)35-36)32-30(39)33-29(37)28-14-13-27(38-28)21-10-7-18(2)23(31)16-21/h7-17H,4-6H2,1-3H3,(H2,32,33,37,39). The van der Waals surface area contributed by atoms with Gasteiger partial charge in [0.1, 0.15) is 16.8 Å². The summed E-state index contributed by atoms with van der Waals surface area (Å²) in [6, 6.07) is 21.1. The van der Waals surface area contributed by atoms with E-state index in [2.05, 4.69) is 39.9 Å². The van der Waals surface area contributed by atoms with Gasteiger partial charge < -0.3 is 9.73 Å². The fourth-order valence-corrected chi connectivity index (χ4v) is 4.56. The molecular formula is C30H28ClN5O2S. The Morgan fingerprint density at radius 3 is 2.44 bits per heavy atom. The number of furan rings is 1. The maximum absolute atomic E-state index is 12.8. The zero-order valence-electron chi connectivity index (χ0n) is 21.9. The number of carbonyl (C=O) groups excluding carboxylic acids is 1. The number of rotatable bonds is 7. The monoisotopic (exact) mass is 557 g/mol. The summed E-state index contributed by atoms with van der Waals surface area (Å²) in [5.74, 6) is 0.228. The molecule has 39 heavy (non-hydrogen) atoms. The molecule has 0 atom stereocenters. The van der Waals surface area contributed by atoms with Gasteiger partial charge in [-0.3, -0.25) is 10.1 Å². The molecule has 2 N–H and O–H groups in total. The van der Waals surface area contributed by atoms with Crippen molar-refractivity contribution in [1.29, 1.82) is 0 Å². The first-order valence-corrected chi connectivity index (χ1v) is 13.5. The van der Waals surface area contributed by atoms with Gasteiger partial charge in [0.2, 0.25) is 0 Å². The van der Waals surface area contributed by atoms with Crippen LogP contribution in [-0.4, -0.2) is 26.0 Å². The molecule has 0 unspecified atom stereocenters. The molecule has 1 amide bonds. The van der Waals surface area contributed by atoms with Gasteiger partial charge in [-0.1, -0.05) is 49.2 Å². The quantitative estimate of drug-likeness (QED) is 0.202. The smallest absolute Gasteiger partial charge is 0.293 e. The van der Waals surface area contributed by atoms with Crippen LogP contribution in [0.2, 0.25) is 5.02 Å². The highest BCUT2D eigenvalue weighted by Crippen LogP contribution is 2.27. The Hall–Kier alpha value is -4.01. The predicted molar refractivity (Wildman–Crippen MR) is 160 cm³/mol. The lowest BCUT2D eigenvalue weighted by atomic mass is 10.1. The molecule has 9 heteroatoms. The highest BCUT2D eigenvalue weighted by atomic mass is 35.5. The number of halogens is 1. The first-order chi connectivity index (χ1) is 18.8. The minimum atomic E-state index is -0.455. The summed E-state index contributed by atoms with van der Waals surface area (Å²) in [4.78, 5) is 14.4. The topological polar surface area (TPSA) is 85.0 Å². The van der Waals surface area contributed by atoms with Crippen molar-refractivity contribution in [1.82, 2.24) is 20.3 Å². The van der Waals surface area contributed by atoms with E-state index in [4.69, 9.17) is 28.2 Å². The molecule has 0 spiro atoms. The highest BCUT2D eigenvalue weighted by Gasteiger charge is 2.16. The van der Waals surface area contributed by atoms with Crippen LogP contribution in [0.5, 0.6) is 0 Å². The van der Waals surface area contributed by atoms with Crippen LogP contribution >= 0.6 is 23.8 Å². The molecule has 0 aliphatic carbocycles. The van der Waals surface area contributed by atoms with Crippen molar-refractivity contribution in [2.75, 3.05) is 5.32 Å². The van der Waals surface area contributed by atoms with Crippen molar-refractivity contribution in [2.24, 2.45) is 0 Å². The summed E-state index contributed by atoms with van der Waals surface area (Å²) >= 11 is 11.6. The van der Waals surface area contributed by atoms with Crippen molar-refractivity contribution in [3.05, 3.63) is 94.2 Å². The van der Waals surface area contributed by atoms with Crippen LogP contribution in [0.15, 0.2) is 71.1 Å². The molecule has 0 saturated heterocycles. The van der Waals surface area contributed by atoms with Crippen molar-refractivity contribution in [3.8, 4) is 17.0 Å². The molecule has 0 aliphatic heterocycles. The molecule has 0 aliphatic rings. The van der Waals surface area contributed by atoms with Crippen LogP contribution in [0, 0.1) is 13.8 Å². The van der Waals surface area contributed by atoms with E-state index in [9.17, 15) is 4.79 Å². The third-order valence-electron chi connectivity index (χ3n) is 6.47. The van der Waals surface area contributed by atoms with E-state index in [0.717, 1.165) is 40.0 Å². The average Bonchev–Trinajstić information content (AvgIpc) is 3.57. The predicted octanol–water partition coefficient (Wildman–Crippen LogP) is 7.42. The van der Waals surface area contributed by atoms with Gasteiger partial charge in [0.15, 0.2) is 10.9 Å². The summed E-state index contributed by atoms with van der Waals surface area (Å²) < 4.78 is 5.75. The molecule has 7 nitrogen and oxygen atoms in total. The zero-order valence-corrected chi connectivity index (χ0v) is 23.5. The molecule has 0 fully saturated rings. The number of unbranched alkanes of at least 4 members (excludes halogenated alkanes) is 1. The first kappa shape index (κ1) is 26.6. The number of amides is 1. The minimum absolute atomic E-state index is 0.140. The number of hydrogen-bond acceptors (Lipinski definition) is 5. The molecule has 3 aromatic carbocycles. The lowest BCUT2D eigenvalue weighted by Crippen LogP contribution is -2.34. The Balaban J connectivity index is 1.26. The zero-order chi connectivity index (χ0) is 27.5. The van der Waals surface area contributed by atoms with Gasteiger partial charge in [0.05, 0.1) is 5.69 Å². The van der Waals surface area contributed by atoms with E-state index in [1.54, 1.807) is 23.0 Å². The maximum Gasteiger partial charge on any atom is 0.293 e. The number of carbonyl (C=O) groups is 1. The van der Waals surface area contributed by atoms with E-state index >= 15 is 0 Å². The molecule has 2 aromatic heterocycles. The van der Waals surface area contributed by atoms with Crippen molar-refractivity contribution < 1.29 is 9.21 Å². The molecule has 0 radical (unpaired) electrons. The van der Waals surface area contributed by atoms with Crippen LogP contribution in [-0.2, 0) is 6.42 Å². The molecule has 198 valence electrons. The largest absolute Gasteiger partial charge is 0.451 e. The third-order valence-corrected chi connectivity index (χ3v) is 7.09. The van der Waals surface area contributed by atoms with E-state index < -0.39 is 5.91 Å². The number of aryl methyl sites for hydroxylation is 3. The number of nitrogens with one attached hydrogen (secondary N) is 2. The Morgan fingerprint density at radius 1 is 0.974 bits per heavy atom. The van der Waals surface area contributed by atoms with Gasteiger partial charge in [-0.25, -0.2) is 0 Å². The van der Waals surface area contributed by atoms with Crippen LogP contribution in [0.25, 0.3) is 28.0 Å². The van der Waals surface area contributed by atoms with E-state index in [-0.39, 0.29) is 10.9 Å². The van der Waals surface area contributed by atoms with Crippen molar-refractivity contribution >= 4 is 51.6 Å². The SMILES string of the molecule is CCCCc1ccc(-n2nc3cc(C)c(NC(=S)NC(=O)c4ccc(-c5ccc(C)c(Cl)c5)o4)cc3n2)cc1. The lowest BCUT2D eigenvalue weighted by Gasteiger charge is -2.11. The number of benzene rings is 3. The fraction of sp³-hybridized carbons (Fsp3) is 0.200. The van der Waals surface area contributed by atoms with Gasteiger partial charge in [-0.15, -0.1) is 10.2 Å². The Kier molecular flexibility index (Phi) is 7.77. The number of hydrogen-bond donors (Lipinski definition) is 2. The van der Waals surface area contributed by atoms with E-state index in [0.29, 0.717) is 16.3 Å². The van der Waals surface area contributed by atoms with Gasteiger partial charge >= 0.3 is 0 Å². The Labute approximate surface area is 237 Å². The highest BCUT2D eigenvalue weighted by molar-refractivity contribution is 7.80. The number of thiocarbonyl (C=S) groups is 1. The first-order valence-electron chi connectivity index (χ1n) is 12.8. The second-order valence-corrected chi connectivity index (χ2v) is 10.3. The summed E-state index contributed by atoms with van der Waals surface area (Å²) in [6.45, 7) is 6.06. The van der Waals surface area contributed by atoms with Crippen molar-refractivity contribution in [3.63, 3.8) is 0 Å². The summed E-state index contributed by atoms with van der Waals surface area (Å²) in [6.07, 6.45) is 3.41. The van der Waals surface area contributed by atoms with Crippen LogP contribution in [0.3, 0.4) is 0 Å². The van der Waals surface area contributed by atoms with E-state index in [1.165, 1.54) is 18.4 Å². The molecule has 0 bridgehead atoms. The number of aromatic nitrogens is 3. The summed E-state index contributed by atoms with van der Waals surface area (Å²) in [5.41, 5.74) is 7.07. The molecule has 5 aromatic rings. The molecule has 2 heterocycles. The molecule has 0 saturated carbocycles. The van der Waals surface area contributed by atoms with Gasteiger partial charge in [0, 0.05) is 16.3 Å². The van der Waals surface area contributed by atoms with Crippen LogP contribution in [0.4, 0.5) is 5.69 Å². The molecular weight excluding hydrogens is 530 g/mol. The van der Waals surface area contributed by atoms with Gasteiger partial charge in [0.25, 0.3) is 5.91 Å². The normalized spacial score (nSPS) is 11.1. The Bertz CT molecular complexity index is 1670. The second-order valence-electron chi connectivity index (χ2n) is 9.45. The summed E-state index contributed by atoms with van der Waals surface area (Å²) in [5, 5.41) is 15.8. The number of nitrogens with zero attached hydrogens (tertiary/aromatic N) is 3. The van der Waals surface area contributed by atoms with Crippen molar-refractivity contribution in [2.45, 2.75) is 40.0 Å².